The molecule has 1 aromatic heterocycles. The van der Waals surface area contributed by atoms with Crippen LogP contribution in [0.5, 0.6) is 5.75 Å². The van der Waals surface area contributed by atoms with Crippen molar-refractivity contribution in [2.24, 2.45) is 5.92 Å². The zero-order chi connectivity index (χ0) is 25.6. The van der Waals surface area contributed by atoms with E-state index in [4.69, 9.17) is 4.74 Å². The Kier molecular flexibility index (Phi) is 11.9. The molecule has 1 atom stereocenters. The van der Waals surface area contributed by atoms with Gasteiger partial charge in [-0.2, -0.15) is 0 Å². The quantitative estimate of drug-likeness (QED) is 0.188. The van der Waals surface area contributed by atoms with E-state index in [9.17, 15) is 4.39 Å². The van der Waals surface area contributed by atoms with Gasteiger partial charge in [-0.1, -0.05) is 90.0 Å². The number of halogens is 1. The predicted molar refractivity (Wildman–Crippen MR) is 149 cm³/mol. The summed E-state index contributed by atoms with van der Waals surface area (Å²) in [4.78, 5) is 9.14. The van der Waals surface area contributed by atoms with E-state index < -0.39 is 6.17 Å². The van der Waals surface area contributed by atoms with Crippen LogP contribution < -0.4 is 4.74 Å². The van der Waals surface area contributed by atoms with Crippen LogP contribution in [0.2, 0.25) is 0 Å². The molecule has 3 nitrogen and oxygen atoms in total. The summed E-state index contributed by atoms with van der Waals surface area (Å²) in [5, 5.41) is 0. The van der Waals surface area contributed by atoms with Crippen LogP contribution in [0.1, 0.15) is 84.1 Å². The molecule has 0 radical (unpaired) electrons. The highest BCUT2D eigenvalue weighted by atomic mass is 19.1. The zero-order valence-electron chi connectivity index (χ0n) is 22.4. The maximum absolute atomic E-state index is 13.9. The molecule has 3 aromatic rings. The van der Waals surface area contributed by atoms with Crippen molar-refractivity contribution in [2.75, 3.05) is 6.61 Å². The first-order valence-electron chi connectivity index (χ1n) is 13.8. The number of unbranched alkanes of at least 4 members (excludes halogenated alkanes) is 7. The Morgan fingerprint density at radius 1 is 0.722 bits per heavy atom. The molecule has 36 heavy (non-hydrogen) atoms. The monoisotopic (exact) mass is 490 g/mol. The highest BCUT2D eigenvalue weighted by Gasteiger charge is 2.10. The smallest absolute Gasteiger partial charge is 0.159 e. The second-order valence-electron chi connectivity index (χ2n) is 10.3. The van der Waals surface area contributed by atoms with Gasteiger partial charge in [0.15, 0.2) is 5.82 Å². The van der Waals surface area contributed by atoms with Crippen molar-refractivity contribution in [3.63, 3.8) is 0 Å². The van der Waals surface area contributed by atoms with Crippen molar-refractivity contribution in [1.82, 2.24) is 9.97 Å². The molecule has 3 rings (SSSR count). The number of nitrogens with zero attached hydrogens (tertiary/aromatic N) is 2. The maximum Gasteiger partial charge on any atom is 0.159 e. The van der Waals surface area contributed by atoms with Gasteiger partial charge in [0.1, 0.15) is 18.5 Å². The SMILES string of the molecule is CCCCCCCCCCc1ccc(-c2cnc(-c3ccc(OCC(F)CC(C)C)cc3)nc2)cc1. The first-order chi connectivity index (χ1) is 17.5. The second kappa shape index (κ2) is 15.4. The molecule has 2 aromatic carbocycles. The highest BCUT2D eigenvalue weighted by molar-refractivity contribution is 5.64. The van der Waals surface area contributed by atoms with Crippen LogP contribution >= 0.6 is 0 Å². The van der Waals surface area contributed by atoms with Crippen LogP contribution in [-0.2, 0) is 6.42 Å². The van der Waals surface area contributed by atoms with Crippen LogP contribution in [0.4, 0.5) is 4.39 Å². The lowest BCUT2D eigenvalue weighted by Gasteiger charge is -2.12. The Morgan fingerprint density at radius 3 is 1.92 bits per heavy atom. The Bertz CT molecular complexity index is 984. The van der Waals surface area contributed by atoms with E-state index in [0.717, 1.165) is 23.1 Å². The van der Waals surface area contributed by atoms with E-state index >= 15 is 0 Å². The molecular weight excluding hydrogens is 447 g/mol. The molecule has 4 heteroatoms. The van der Waals surface area contributed by atoms with Crippen LogP contribution in [-0.4, -0.2) is 22.7 Å². The lowest BCUT2D eigenvalue weighted by Crippen LogP contribution is -2.15. The van der Waals surface area contributed by atoms with E-state index in [0.29, 0.717) is 23.9 Å². The average molecular weight is 491 g/mol. The van der Waals surface area contributed by atoms with Crippen molar-refractivity contribution in [3.05, 3.63) is 66.5 Å². The van der Waals surface area contributed by atoms with Gasteiger partial charge in [-0.3, -0.25) is 0 Å². The summed E-state index contributed by atoms with van der Waals surface area (Å²) in [5.41, 5.74) is 4.45. The van der Waals surface area contributed by atoms with Gasteiger partial charge >= 0.3 is 0 Å². The number of ether oxygens (including phenoxy) is 1. The van der Waals surface area contributed by atoms with Gasteiger partial charge < -0.3 is 4.74 Å². The van der Waals surface area contributed by atoms with Crippen LogP contribution in [0.3, 0.4) is 0 Å². The van der Waals surface area contributed by atoms with Crippen LogP contribution in [0.15, 0.2) is 60.9 Å². The van der Waals surface area contributed by atoms with E-state index in [2.05, 4.69) is 41.2 Å². The molecule has 0 aliphatic carbocycles. The summed E-state index contributed by atoms with van der Waals surface area (Å²) in [7, 11) is 0. The molecule has 0 spiro atoms. The normalized spacial score (nSPS) is 12.1. The minimum atomic E-state index is -0.945. The largest absolute Gasteiger partial charge is 0.491 e. The van der Waals surface area contributed by atoms with Crippen molar-refractivity contribution in [1.29, 1.82) is 0 Å². The third-order valence-electron chi connectivity index (χ3n) is 6.53. The third kappa shape index (κ3) is 9.72. The predicted octanol–water partition coefficient (Wildman–Crippen LogP) is 9.26. The molecule has 1 unspecified atom stereocenters. The molecule has 0 saturated heterocycles. The molecule has 0 bridgehead atoms. The van der Waals surface area contributed by atoms with Crippen molar-refractivity contribution < 1.29 is 9.13 Å². The lowest BCUT2D eigenvalue weighted by atomic mass is 10.0. The number of hydrogen-bond acceptors (Lipinski definition) is 3. The Morgan fingerprint density at radius 2 is 1.31 bits per heavy atom. The van der Waals surface area contributed by atoms with Gasteiger partial charge in [0.05, 0.1) is 0 Å². The molecule has 194 valence electrons. The van der Waals surface area contributed by atoms with Gasteiger partial charge in [-0.15, -0.1) is 0 Å². The van der Waals surface area contributed by atoms with Gasteiger partial charge in [0.25, 0.3) is 0 Å². The standard InChI is InChI=1S/C32H43FN2O/c1-4-5-6-7-8-9-10-11-12-26-13-15-27(16-14-26)29-22-34-32(35-23-29)28-17-19-31(20-18-28)36-24-30(33)21-25(2)3/h13-20,22-23,25,30H,4-12,21,24H2,1-3H3. The van der Waals surface area contributed by atoms with Crippen molar-refractivity contribution in [3.8, 4) is 28.3 Å². The first-order valence-corrected chi connectivity index (χ1v) is 13.8. The number of alkyl halides is 1. The van der Waals surface area contributed by atoms with E-state index in [1.54, 1.807) is 0 Å². The van der Waals surface area contributed by atoms with Crippen LogP contribution in [0.25, 0.3) is 22.5 Å². The summed E-state index contributed by atoms with van der Waals surface area (Å²) in [5.74, 6) is 1.65. The molecular formula is C32H43FN2O. The Hall–Kier alpha value is -2.75. The minimum absolute atomic E-state index is 0.0840. The van der Waals surface area contributed by atoms with Gasteiger partial charge in [0.2, 0.25) is 0 Å². The van der Waals surface area contributed by atoms with Gasteiger partial charge in [-0.05, 0) is 60.6 Å². The highest BCUT2D eigenvalue weighted by Crippen LogP contribution is 2.23. The fourth-order valence-corrected chi connectivity index (χ4v) is 4.42. The molecule has 0 aliphatic heterocycles. The number of hydrogen-bond donors (Lipinski definition) is 0. The first kappa shape index (κ1) is 27.8. The molecule has 0 amide bonds. The van der Waals surface area contributed by atoms with E-state index in [-0.39, 0.29) is 6.61 Å². The van der Waals surface area contributed by atoms with E-state index in [1.807, 2.05) is 50.5 Å². The summed E-state index contributed by atoms with van der Waals surface area (Å²) in [6.45, 7) is 6.38. The van der Waals surface area contributed by atoms with Crippen molar-refractivity contribution in [2.45, 2.75) is 91.2 Å². The zero-order valence-corrected chi connectivity index (χ0v) is 22.4. The Balaban J connectivity index is 1.45. The lowest BCUT2D eigenvalue weighted by molar-refractivity contribution is 0.174. The molecule has 1 heterocycles. The summed E-state index contributed by atoms with van der Waals surface area (Å²) in [6.07, 6.45) is 15.3. The summed E-state index contributed by atoms with van der Waals surface area (Å²) in [6, 6.07) is 16.3. The number of aryl methyl sites for hydroxylation is 1. The molecule has 0 fully saturated rings. The minimum Gasteiger partial charge on any atom is -0.491 e. The average Bonchev–Trinajstić information content (AvgIpc) is 2.89. The van der Waals surface area contributed by atoms with Gasteiger partial charge in [-0.25, -0.2) is 14.4 Å². The van der Waals surface area contributed by atoms with Crippen LogP contribution in [0, 0.1) is 5.92 Å². The number of rotatable bonds is 16. The van der Waals surface area contributed by atoms with Crippen molar-refractivity contribution >= 4 is 0 Å². The number of benzene rings is 2. The fraction of sp³-hybridized carbons (Fsp3) is 0.500. The summed E-state index contributed by atoms with van der Waals surface area (Å²) >= 11 is 0. The van der Waals surface area contributed by atoms with Gasteiger partial charge in [0, 0.05) is 23.5 Å². The molecule has 0 N–H and O–H groups in total. The summed E-state index contributed by atoms with van der Waals surface area (Å²) < 4.78 is 19.5. The molecule has 0 aliphatic rings. The fourth-order valence-electron chi connectivity index (χ4n) is 4.42. The maximum atomic E-state index is 13.9. The van der Waals surface area contributed by atoms with E-state index in [1.165, 1.54) is 56.9 Å². The number of aromatic nitrogens is 2. The third-order valence-corrected chi connectivity index (χ3v) is 6.53. The topological polar surface area (TPSA) is 35.0 Å². The second-order valence-corrected chi connectivity index (χ2v) is 10.3. The molecule has 0 saturated carbocycles. The Labute approximate surface area is 217 Å².